The summed E-state index contributed by atoms with van der Waals surface area (Å²) in [4.78, 5) is 0. The maximum Gasteiger partial charge on any atom is 0.143 e. The molecule has 0 atom stereocenters. The van der Waals surface area contributed by atoms with E-state index in [4.69, 9.17) is 31.4 Å². The zero-order chi connectivity index (χ0) is 82.2. The molecule has 0 saturated heterocycles. The number of hydrogen-bond donors (Lipinski definition) is 0. The van der Waals surface area contributed by atoms with Gasteiger partial charge in [0.25, 0.3) is 0 Å². The summed E-state index contributed by atoms with van der Waals surface area (Å²) in [7, 11) is 0. The first-order valence-corrected chi connectivity index (χ1v) is 37.5. The van der Waals surface area contributed by atoms with E-state index in [1.54, 1.807) is 0 Å². The molecule has 0 aliphatic rings. The Bertz CT molecular complexity index is 8510. The minimum absolute atomic E-state index is 0.192. The average Bonchev–Trinajstić information content (AvgIpc) is 0.924. The number of rotatable bonds is 8. The third-order valence-corrected chi connectivity index (χ3v) is 22.8. The number of hydrogen-bond acceptors (Lipinski definition) is 4. The summed E-state index contributed by atoms with van der Waals surface area (Å²) in [6, 6.07) is 109. The van der Waals surface area contributed by atoms with E-state index >= 15 is 0 Å². The van der Waals surface area contributed by atoms with Crippen molar-refractivity contribution in [1.29, 1.82) is 0 Å². The van der Waals surface area contributed by atoms with E-state index in [0.29, 0.717) is 11.1 Å². The van der Waals surface area contributed by atoms with Crippen LogP contribution in [-0.2, 0) is 0 Å². The summed E-state index contributed by atoms with van der Waals surface area (Å²) in [5, 5.41) is 19.5. The van der Waals surface area contributed by atoms with Gasteiger partial charge in [0.15, 0.2) is 0 Å². The molecule has 520 valence electrons. The summed E-state index contributed by atoms with van der Waals surface area (Å²) >= 11 is 0. The van der Waals surface area contributed by atoms with Crippen molar-refractivity contribution in [2.45, 2.75) is 0 Å². The lowest BCUT2D eigenvalue weighted by atomic mass is 9.83. The van der Waals surface area contributed by atoms with Crippen molar-refractivity contribution < 1.29 is 31.4 Å². The Morgan fingerprint density at radius 3 is 0.902 bits per heavy atom. The Labute approximate surface area is 657 Å². The molecule has 0 radical (unpaired) electrons. The molecule has 24 aromatic rings. The van der Waals surface area contributed by atoms with Crippen LogP contribution < -0.4 is 0 Å². The second kappa shape index (κ2) is 25.4. The van der Waals surface area contributed by atoms with Crippen LogP contribution in [0.5, 0.6) is 0 Å². The Morgan fingerprint density at radius 2 is 0.464 bits per heavy atom. The number of furan rings is 4. The number of para-hydroxylation sites is 5. The highest BCUT2D eigenvalue weighted by Gasteiger charge is 2.27. The van der Waals surface area contributed by atoms with E-state index in [-0.39, 0.29) is 59.5 Å². The normalized spacial score (nSPS) is 13.2. The minimum Gasteiger partial charge on any atom is -0.456 e. The van der Waals surface area contributed by atoms with Gasteiger partial charge < -0.3 is 17.7 Å². The second-order valence-electron chi connectivity index (χ2n) is 28.6. The molecule has 112 heavy (non-hydrogen) atoms. The average molecular weight is 1440 g/mol. The lowest BCUT2D eigenvalue weighted by Crippen LogP contribution is -1.93. The Kier molecular flexibility index (Phi) is 12.2. The maximum absolute atomic E-state index is 9.02. The SMILES string of the molecule is [2H]c1c([2H])c([2H])c(-c2c3ccccc3c(-c3cccc4c(-c5c(-c6ccc7c(c6)oc6ccccc67)ccc6oc7ccccc7c56)cccc34)c3ccccc23)c([2H])c1[2H].[2H]c1c([2H])c([2H])c(-c2c3ccccc3c(-c3cccc4c(-c5c(-c6cccc7c6oc6ccccc67)ccc6oc7ccccc7c56)cccc34)c3ccccc23)c([2H])c1[2H]. The van der Waals surface area contributed by atoms with Crippen molar-refractivity contribution in [3.8, 4) is 89.0 Å². The molecule has 0 spiro atoms. The molecule has 20 aromatic carbocycles. The van der Waals surface area contributed by atoms with Gasteiger partial charge >= 0.3 is 0 Å². The molecule has 4 aromatic heterocycles. The molecule has 0 aliphatic heterocycles. The van der Waals surface area contributed by atoms with Crippen molar-refractivity contribution in [2.24, 2.45) is 0 Å². The van der Waals surface area contributed by atoms with Gasteiger partial charge in [0.2, 0.25) is 0 Å². The molecule has 4 nitrogen and oxygen atoms in total. The van der Waals surface area contributed by atoms with Gasteiger partial charge in [0.05, 0.1) is 13.7 Å². The summed E-state index contributed by atoms with van der Waals surface area (Å²) in [5.41, 5.74) is 20.6. The highest BCUT2D eigenvalue weighted by Crippen LogP contribution is 2.53. The van der Waals surface area contributed by atoms with E-state index in [0.717, 1.165) is 219 Å². The summed E-state index contributed by atoms with van der Waals surface area (Å²) in [5.74, 6) is 0. The van der Waals surface area contributed by atoms with E-state index < -0.39 is 12.1 Å². The van der Waals surface area contributed by atoms with Crippen molar-refractivity contribution in [3.63, 3.8) is 0 Å². The van der Waals surface area contributed by atoms with Gasteiger partial charge in [-0.3, -0.25) is 0 Å². The van der Waals surface area contributed by atoms with Crippen molar-refractivity contribution >= 4 is 152 Å². The standard InChI is InChI=1S/2C54H32O2/c1-2-15-33(16-3-1)50-39-18-4-6-20-41(39)51(42-21-7-5-19-40(42)50)37-25-12-24-35-34(37)23-13-26-38(35)52-43(31-32-49-53(52)46-22-9-11-30-48(46)55-49)45-28-14-27-44-36-17-8-10-29-47(36)56-54(44)45;1-2-14-33(15-3-1)51-42-17-4-6-19-44(42)52(45-20-7-5-18-43(45)51)40-24-12-23-37-36(40)22-13-25-41(37)53-35(30-31-49-54(53)46-21-9-11-27-48(46)55-49)34-28-29-39-38-16-8-10-26-47(38)56-50(39)32-34/h2*1-32H/i1D,2D,3D,15D,16D;1D,2D,3D,14D,15D. The Hall–Kier alpha value is -14.8. The molecule has 0 saturated carbocycles. The molecular formula is C108H64O4. The topological polar surface area (TPSA) is 52.6 Å². The van der Waals surface area contributed by atoms with Gasteiger partial charge in [-0.2, -0.15) is 0 Å². The molecule has 0 aliphatic carbocycles. The summed E-state index contributed by atoms with van der Waals surface area (Å²) in [6.45, 7) is 0. The van der Waals surface area contributed by atoms with Gasteiger partial charge in [-0.25, -0.2) is 0 Å². The van der Waals surface area contributed by atoms with Crippen LogP contribution in [0.3, 0.4) is 0 Å². The molecule has 4 heteroatoms. The predicted molar refractivity (Wildman–Crippen MR) is 471 cm³/mol. The van der Waals surface area contributed by atoms with Crippen LogP contribution in [0, 0.1) is 0 Å². The molecular weight excluding hydrogens is 1360 g/mol. The fourth-order valence-electron chi connectivity index (χ4n) is 18.1. The maximum atomic E-state index is 9.02. The zero-order valence-electron chi connectivity index (χ0n) is 69.8. The zero-order valence-corrected chi connectivity index (χ0v) is 59.8. The Balaban J connectivity index is 0.000000142. The van der Waals surface area contributed by atoms with Crippen LogP contribution in [0.25, 0.3) is 241 Å². The lowest BCUT2D eigenvalue weighted by molar-refractivity contribution is 0.668. The predicted octanol–water partition coefficient (Wildman–Crippen LogP) is 31.2. The second-order valence-corrected chi connectivity index (χ2v) is 28.6. The van der Waals surface area contributed by atoms with Gasteiger partial charge in [-0.15, -0.1) is 0 Å². The lowest BCUT2D eigenvalue weighted by Gasteiger charge is -2.20. The van der Waals surface area contributed by atoms with Crippen LogP contribution in [0.4, 0.5) is 0 Å². The van der Waals surface area contributed by atoms with E-state index in [1.807, 2.05) is 133 Å². The first kappa shape index (κ1) is 53.9. The molecule has 0 amide bonds. The van der Waals surface area contributed by atoms with Gasteiger partial charge in [-0.05, 0) is 192 Å². The molecule has 0 fully saturated rings. The highest BCUT2D eigenvalue weighted by atomic mass is 16.3. The first-order valence-electron chi connectivity index (χ1n) is 42.5. The van der Waals surface area contributed by atoms with Crippen molar-refractivity contribution in [2.75, 3.05) is 0 Å². The number of fused-ring (bicyclic) bond motifs is 18. The summed E-state index contributed by atoms with van der Waals surface area (Å²) in [6.07, 6.45) is 0. The molecule has 0 unspecified atom stereocenters. The monoisotopic (exact) mass is 1430 g/mol. The van der Waals surface area contributed by atoms with Crippen LogP contribution in [0.15, 0.2) is 406 Å². The van der Waals surface area contributed by atoms with E-state index in [1.165, 1.54) is 0 Å². The van der Waals surface area contributed by atoms with Crippen LogP contribution in [-0.4, -0.2) is 0 Å². The van der Waals surface area contributed by atoms with Crippen LogP contribution >= 0.6 is 0 Å². The first-order chi connectivity index (χ1) is 59.8. The smallest absolute Gasteiger partial charge is 0.143 e. The number of benzene rings is 20. The van der Waals surface area contributed by atoms with Crippen LogP contribution in [0.2, 0.25) is 0 Å². The van der Waals surface area contributed by atoms with Gasteiger partial charge in [-0.1, -0.05) is 333 Å². The minimum atomic E-state index is -0.410. The molecule has 0 bridgehead atoms. The third kappa shape index (κ3) is 9.75. The van der Waals surface area contributed by atoms with Gasteiger partial charge in [0, 0.05) is 59.8 Å². The van der Waals surface area contributed by atoms with Crippen LogP contribution in [0.1, 0.15) is 13.7 Å². The van der Waals surface area contributed by atoms with E-state index in [2.05, 4.69) is 194 Å². The largest absolute Gasteiger partial charge is 0.456 e. The quantitative estimate of drug-likeness (QED) is 0.142. The van der Waals surface area contributed by atoms with Crippen molar-refractivity contribution in [1.82, 2.24) is 0 Å². The fraction of sp³-hybridized carbons (Fsp3) is 0. The fourth-order valence-corrected chi connectivity index (χ4v) is 18.1. The molecule has 4 heterocycles. The summed E-state index contributed by atoms with van der Waals surface area (Å²) < 4.78 is 113. The molecule has 24 rings (SSSR count). The Morgan fingerprint density at radius 1 is 0.161 bits per heavy atom. The highest BCUT2D eigenvalue weighted by molar-refractivity contribution is 6.29. The molecule has 0 N–H and O–H groups in total. The third-order valence-electron chi connectivity index (χ3n) is 22.8. The van der Waals surface area contributed by atoms with E-state index in [9.17, 15) is 0 Å². The van der Waals surface area contributed by atoms with Gasteiger partial charge in [0.1, 0.15) is 44.7 Å². The van der Waals surface area contributed by atoms with Crippen molar-refractivity contribution in [3.05, 3.63) is 388 Å².